The summed E-state index contributed by atoms with van der Waals surface area (Å²) in [7, 11) is 0. The van der Waals surface area contributed by atoms with E-state index in [0.717, 1.165) is 4.90 Å². The minimum Gasteiger partial charge on any atom is -0.508 e. The standard InChI is InChI=1S/C36H29Cl2F3N4O7/c37-20-8-6-18(7-9-20)35-25(32(50)45(34(35)52)43-30-26(38)14-19(16-42-30)36(39,40)41)15-24-22(29(35)17-3-1-4-21(46)13-17)10-11-23-28(24)33(51)44(31(23)49)12-2-5-27(47)48/h1,3-4,6-10,13-14,16,23-25,28-29,46H,2,5,11-12,15H2,(H,42,43)(H,47,48). The van der Waals surface area contributed by atoms with Crippen molar-refractivity contribution in [3.8, 4) is 5.75 Å². The highest BCUT2D eigenvalue weighted by Gasteiger charge is 2.70. The first-order valence-electron chi connectivity index (χ1n) is 16.3. The number of aromatic nitrogens is 1. The zero-order valence-corrected chi connectivity index (χ0v) is 28.5. The fourth-order valence-corrected chi connectivity index (χ4v) is 8.87. The predicted octanol–water partition coefficient (Wildman–Crippen LogP) is 5.96. The number of likely N-dealkylation sites (tertiary alicyclic amines) is 1. The molecule has 3 heterocycles. The number of hydrazine groups is 1. The summed E-state index contributed by atoms with van der Waals surface area (Å²) in [5.41, 5.74) is 1.07. The number of halogens is 5. The second-order valence-corrected chi connectivity index (χ2v) is 14.2. The minimum atomic E-state index is -4.76. The van der Waals surface area contributed by atoms with Crippen LogP contribution in [0.1, 0.15) is 48.3 Å². The molecule has 2 aromatic carbocycles. The van der Waals surface area contributed by atoms with Crippen LogP contribution in [0.3, 0.4) is 0 Å². The second-order valence-electron chi connectivity index (χ2n) is 13.3. The number of amides is 4. The average Bonchev–Trinajstić information content (AvgIpc) is 3.46. The fraction of sp³-hybridized carbons (Fsp3) is 0.333. The van der Waals surface area contributed by atoms with Gasteiger partial charge in [-0.1, -0.05) is 59.1 Å². The Balaban J connectivity index is 1.38. The molecule has 0 radical (unpaired) electrons. The van der Waals surface area contributed by atoms with Gasteiger partial charge in [0, 0.05) is 30.1 Å². The monoisotopic (exact) mass is 756 g/mol. The lowest BCUT2D eigenvalue weighted by Crippen LogP contribution is -2.53. The first kappa shape index (κ1) is 35.5. The van der Waals surface area contributed by atoms with E-state index in [1.165, 1.54) is 12.1 Å². The first-order valence-corrected chi connectivity index (χ1v) is 17.1. The number of allylic oxidation sites excluding steroid dienone is 2. The molecule has 1 saturated carbocycles. The van der Waals surface area contributed by atoms with Crippen LogP contribution in [0.25, 0.3) is 0 Å². The van der Waals surface area contributed by atoms with Crippen molar-refractivity contribution >= 4 is 58.6 Å². The van der Waals surface area contributed by atoms with E-state index in [0.29, 0.717) is 39.0 Å². The SMILES string of the molecule is O=C(O)CCCN1C(=O)C2CC=C3C(CC4C(=O)N(Nc5ncc(C(F)(F)F)cc5Cl)C(=O)C4(c4ccc(Cl)cc4)C3c3cccc(O)c3)C2C1=O. The summed E-state index contributed by atoms with van der Waals surface area (Å²) >= 11 is 12.5. The van der Waals surface area contributed by atoms with E-state index in [1.807, 2.05) is 6.08 Å². The molecule has 0 spiro atoms. The van der Waals surface area contributed by atoms with Gasteiger partial charge < -0.3 is 10.2 Å². The number of carbonyl (C=O) groups excluding carboxylic acids is 4. The normalized spacial score (nSPS) is 26.9. The summed E-state index contributed by atoms with van der Waals surface area (Å²) in [6.07, 6.45) is -2.58. The number of fused-ring (bicyclic) bond motifs is 4. The maximum atomic E-state index is 15.1. The molecule has 3 fully saturated rings. The molecule has 3 aromatic rings. The van der Waals surface area contributed by atoms with Crippen LogP contribution in [0, 0.1) is 23.7 Å². The molecule has 6 atom stereocenters. The van der Waals surface area contributed by atoms with Crippen molar-refractivity contribution in [3.05, 3.63) is 99.2 Å². The van der Waals surface area contributed by atoms with Crippen LogP contribution >= 0.6 is 23.2 Å². The molecule has 16 heteroatoms. The summed E-state index contributed by atoms with van der Waals surface area (Å²) in [6.45, 7) is -0.0941. The summed E-state index contributed by atoms with van der Waals surface area (Å²) in [5.74, 6) is -8.75. The number of alkyl halides is 3. The van der Waals surface area contributed by atoms with Crippen molar-refractivity contribution in [1.29, 1.82) is 0 Å². The number of benzene rings is 2. The average molecular weight is 758 g/mol. The molecule has 2 aliphatic carbocycles. The lowest BCUT2D eigenvalue weighted by Gasteiger charge is -2.50. The van der Waals surface area contributed by atoms with E-state index in [9.17, 15) is 37.5 Å². The number of anilines is 1. The van der Waals surface area contributed by atoms with Crippen LogP contribution in [0.4, 0.5) is 19.0 Å². The summed E-state index contributed by atoms with van der Waals surface area (Å²) in [4.78, 5) is 73.4. The van der Waals surface area contributed by atoms with E-state index < -0.39 is 81.4 Å². The number of imide groups is 2. The van der Waals surface area contributed by atoms with Gasteiger partial charge in [0.2, 0.25) is 11.8 Å². The Morgan fingerprint density at radius 2 is 1.73 bits per heavy atom. The quantitative estimate of drug-likeness (QED) is 0.186. The number of hydrogen-bond acceptors (Lipinski definition) is 8. The highest BCUT2D eigenvalue weighted by Crippen LogP contribution is 2.64. The Morgan fingerprint density at radius 3 is 2.38 bits per heavy atom. The third kappa shape index (κ3) is 5.59. The van der Waals surface area contributed by atoms with Gasteiger partial charge in [0.1, 0.15) is 5.75 Å². The van der Waals surface area contributed by atoms with Gasteiger partial charge in [0.05, 0.1) is 33.8 Å². The summed E-state index contributed by atoms with van der Waals surface area (Å²) < 4.78 is 40.2. The van der Waals surface area contributed by atoms with Gasteiger partial charge >= 0.3 is 12.1 Å². The molecule has 2 saturated heterocycles. The number of nitrogens with one attached hydrogen (secondary N) is 1. The Hall–Kier alpha value is -4.95. The number of hydrogen-bond donors (Lipinski definition) is 3. The van der Waals surface area contributed by atoms with Crippen molar-refractivity contribution in [2.24, 2.45) is 23.7 Å². The molecule has 4 aliphatic rings. The van der Waals surface area contributed by atoms with Gasteiger partial charge in [-0.3, -0.25) is 34.3 Å². The highest BCUT2D eigenvalue weighted by atomic mass is 35.5. The lowest BCUT2D eigenvalue weighted by molar-refractivity contribution is -0.142. The van der Waals surface area contributed by atoms with E-state index >= 15 is 4.79 Å². The number of rotatable bonds is 8. The molecule has 1 aromatic heterocycles. The van der Waals surface area contributed by atoms with Crippen LogP contribution in [0.2, 0.25) is 10.0 Å². The number of nitrogens with zero attached hydrogens (tertiary/aromatic N) is 3. The zero-order valence-electron chi connectivity index (χ0n) is 26.9. The topological polar surface area (TPSA) is 157 Å². The second kappa shape index (κ2) is 12.9. The van der Waals surface area contributed by atoms with E-state index in [2.05, 4.69) is 10.4 Å². The third-order valence-electron chi connectivity index (χ3n) is 10.6. The highest BCUT2D eigenvalue weighted by molar-refractivity contribution is 6.33. The van der Waals surface area contributed by atoms with Gasteiger partial charge in [-0.25, -0.2) is 4.98 Å². The fourth-order valence-electron chi connectivity index (χ4n) is 8.54. The number of carboxylic acids is 1. The Kier molecular flexibility index (Phi) is 8.81. The predicted molar refractivity (Wildman–Crippen MR) is 179 cm³/mol. The summed E-state index contributed by atoms with van der Waals surface area (Å²) in [6, 6.07) is 13.1. The number of pyridine rings is 1. The third-order valence-corrected chi connectivity index (χ3v) is 11.2. The van der Waals surface area contributed by atoms with Gasteiger partial charge in [-0.05, 0) is 66.6 Å². The van der Waals surface area contributed by atoms with Crippen molar-refractivity contribution in [2.45, 2.75) is 43.2 Å². The number of phenols is 1. The molecule has 0 bridgehead atoms. The van der Waals surface area contributed by atoms with Crippen LogP contribution in [0.15, 0.2) is 72.4 Å². The van der Waals surface area contributed by atoms with E-state index in [-0.39, 0.29) is 43.8 Å². The minimum absolute atomic E-state index is 0.0551. The van der Waals surface area contributed by atoms with Crippen LogP contribution in [0.5, 0.6) is 5.75 Å². The molecule has 4 amide bonds. The Bertz CT molecular complexity index is 2060. The number of aliphatic carboxylic acids is 1. The molecule has 52 heavy (non-hydrogen) atoms. The number of aromatic hydroxyl groups is 1. The number of carboxylic acid groups (broad SMARTS) is 1. The molecule has 2 aliphatic heterocycles. The van der Waals surface area contributed by atoms with Gasteiger partial charge in [0.15, 0.2) is 5.82 Å². The Morgan fingerprint density at radius 1 is 1.00 bits per heavy atom. The number of carbonyl (C=O) groups is 5. The maximum Gasteiger partial charge on any atom is 0.417 e. The van der Waals surface area contributed by atoms with Gasteiger partial charge in [0.25, 0.3) is 11.8 Å². The van der Waals surface area contributed by atoms with Crippen LogP contribution in [-0.2, 0) is 35.6 Å². The lowest BCUT2D eigenvalue weighted by atomic mass is 9.49. The molecule has 11 nitrogen and oxygen atoms in total. The van der Waals surface area contributed by atoms with Gasteiger partial charge in [-0.15, -0.1) is 0 Å². The molecular weight excluding hydrogens is 728 g/mol. The van der Waals surface area contributed by atoms with Crippen LogP contribution in [-0.4, -0.2) is 61.2 Å². The van der Waals surface area contributed by atoms with E-state index in [4.69, 9.17) is 28.3 Å². The zero-order chi connectivity index (χ0) is 37.3. The molecule has 270 valence electrons. The number of phenolic OH excluding ortho intramolecular Hbond substituents is 1. The molecule has 7 rings (SSSR count). The van der Waals surface area contributed by atoms with Crippen molar-refractivity contribution in [1.82, 2.24) is 14.9 Å². The summed E-state index contributed by atoms with van der Waals surface area (Å²) in [5, 5.41) is 20.3. The first-order chi connectivity index (χ1) is 24.6. The van der Waals surface area contributed by atoms with E-state index in [1.54, 1.807) is 36.4 Å². The molecule has 3 N–H and O–H groups in total. The Labute approximate surface area is 304 Å². The van der Waals surface area contributed by atoms with Crippen molar-refractivity contribution in [3.63, 3.8) is 0 Å². The van der Waals surface area contributed by atoms with Gasteiger partial charge in [-0.2, -0.15) is 18.2 Å². The maximum absolute atomic E-state index is 15.1. The molecular formula is C36H29Cl2F3N4O7. The van der Waals surface area contributed by atoms with Crippen molar-refractivity contribution in [2.75, 3.05) is 12.0 Å². The molecule has 6 unspecified atom stereocenters. The van der Waals surface area contributed by atoms with Crippen molar-refractivity contribution < 1.29 is 47.4 Å². The largest absolute Gasteiger partial charge is 0.508 e. The smallest absolute Gasteiger partial charge is 0.417 e. The van der Waals surface area contributed by atoms with Crippen LogP contribution < -0.4 is 5.43 Å².